The highest BCUT2D eigenvalue weighted by Crippen LogP contribution is 2.32. The highest BCUT2D eigenvalue weighted by atomic mass is 35.5. The Kier molecular flexibility index (Phi) is 4.27. The van der Waals surface area contributed by atoms with Gasteiger partial charge in [-0.05, 0) is 25.6 Å². The third kappa shape index (κ3) is 2.53. The van der Waals surface area contributed by atoms with Gasteiger partial charge in [0.25, 0.3) is 0 Å². The van der Waals surface area contributed by atoms with Crippen LogP contribution in [0.2, 0.25) is 10.0 Å². The molecule has 0 saturated carbocycles. The summed E-state index contributed by atoms with van der Waals surface area (Å²) >= 11 is 12.3. The summed E-state index contributed by atoms with van der Waals surface area (Å²) in [6, 6.07) is 5.58. The molecule has 0 bridgehead atoms. The molecular formula is C13H15Cl2N3. The first-order chi connectivity index (χ1) is 8.67. The monoisotopic (exact) mass is 283 g/mol. The predicted molar refractivity (Wildman–Crippen MR) is 75.3 cm³/mol. The van der Waals surface area contributed by atoms with Crippen LogP contribution in [0.1, 0.15) is 24.2 Å². The number of rotatable bonds is 4. The van der Waals surface area contributed by atoms with E-state index in [1.165, 1.54) is 0 Å². The molecule has 2 rings (SSSR count). The maximum atomic E-state index is 6.25. The van der Waals surface area contributed by atoms with E-state index in [9.17, 15) is 0 Å². The Balaban J connectivity index is 2.41. The molecule has 1 atom stereocenters. The summed E-state index contributed by atoms with van der Waals surface area (Å²) in [5, 5.41) is 4.35. The lowest BCUT2D eigenvalue weighted by molar-refractivity contribution is 0.672. The highest BCUT2D eigenvalue weighted by Gasteiger charge is 2.18. The second-order valence-corrected chi connectivity index (χ2v) is 4.78. The van der Waals surface area contributed by atoms with Crippen LogP contribution in [-0.4, -0.2) is 16.6 Å². The Morgan fingerprint density at radius 1 is 1.39 bits per heavy atom. The van der Waals surface area contributed by atoms with Crippen LogP contribution in [0, 0.1) is 0 Å². The molecule has 0 fully saturated rings. The first-order valence-corrected chi connectivity index (χ1v) is 6.55. The van der Waals surface area contributed by atoms with Crippen molar-refractivity contribution in [2.75, 3.05) is 7.05 Å². The zero-order chi connectivity index (χ0) is 13.1. The van der Waals surface area contributed by atoms with Crippen molar-refractivity contribution in [2.24, 2.45) is 0 Å². The van der Waals surface area contributed by atoms with E-state index < -0.39 is 0 Å². The van der Waals surface area contributed by atoms with Gasteiger partial charge in [0.15, 0.2) is 0 Å². The minimum absolute atomic E-state index is 0.0519. The van der Waals surface area contributed by atoms with Crippen LogP contribution in [0.3, 0.4) is 0 Å². The molecule has 0 aliphatic rings. The summed E-state index contributed by atoms with van der Waals surface area (Å²) in [4.78, 5) is 4.40. The minimum atomic E-state index is -0.0519. The molecule has 0 saturated heterocycles. The summed E-state index contributed by atoms with van der Waals surface area (Å²) in [5.41, 5.74) is 1.87. The summed E-state index contributed by atoms with van der Waals surface area (Å²) in [7, 11) is 1.88. The van der Waals surface area contributed by atoms with Gasteiger partial charge >= 0.3 is 0 Å². The van der Waals surface area contributed by atoms with E-state index in [0.717, 1.165) is 17.8 Å². The van der Waals surface area contributed by atoms with Crippen LogP contribution >= 0.6 is 23.2 Å². The number of hydrogen-bond acceptors (Lipinski definition) is 2. The standard InChI is InChI=1S/C13H15Cl2N3/c1-3-18-7-11(17-8-18)13(16-2)9-5-4-6-10(14)12(9)15/h4-8,13,16H,3H2,1-2H3. The van der Waals surface area contributed by atoms with Crippen molar-refractivity contribution >= 4 is 23.2 Å². The average molecular weight is 284 g/mol. The van der Waals surface area contributed by atoms with E-state index >= 15 is 0 Å². The van der Waals surface area contributed by atoms with Crippen molar-refractivity contribution < 1.29 is 0 Å². The molecule has 1 N–H and O–H groups in total. The van der Waals surface area contributed by atoms with Crippen molar-refractivity contribution in [3.05, 3.63) is 52.0 Å². The zero-order valence-corrected chi connectivity index (χ0v) is 11.8. The van der Waals surface area contributed by atoms with Gasteiger partial charge in [-0.1, -0.05) is 35.3 Å². The fraction of sp³-hybridized carbons (Fsp3) is 0.308. The maximum absolute atomic E-state index is 6.25. The number of imidazole rings is 1. The van der Waals surface area contributed by atoms with E-state index in [-0.39, 0.29) is 6.04 Å². The van der Waals surface area contributed by atoms with Crippen molar-refractivity contribution in [3.63, 3.8) is 0 Å². The summed E-state index contributed by atoms with van der Waals surface area (Å²) in [5.74, 6) is 0. The fourth-order valence-corrected chi connectivity index (χ4v) is 2.32. The molecule has 0 spiro atoms. The number of aromatic nitrogens is 2. The van der Waals surface area contributed by atoms with Crippen LogP contribution in [0.15, 0.2) is 30.7 Å². The first kappa shape index (κ1) is 13.4. The number of benzene rings is 1. The molecule has 1 aromatic carbocycles. The lowest BCUT2D eigenvalue weighted by Gasteiger charge is -2.16. The molecular weight excluding hydrogens is 269 g/mol. The second kappa shape index (κ2) is 5.74. The van der Waals surface area contributed by atoms with E-state index in [2.05, 4.69) is 17.2 Å². The molecule has 1 aromatic heterocycles. The molecule has 0 amide bonds. The van der Waals surface area contributed by atoms with Gasteiger partial charge in [-0.15, -0.1) is 0 Å². The lowest BCUT2D eigenvalue weighted by Crippen LogP contribution is -2.18. The Bertz CT molecular complexity index is 537. The largest absolute Gasteiger partial charge is 0.337 e. The van der Waals surface area contributed by atoms with E-state index in [0.29, 0.717) is 10.0 Å². The Labute approximate surface area is 117 Å². The van der Waals surface area contributed by atoms with Gasteiger partial charge in [-0.25, -0.2) is 4.98 Å². The normalized spacial score (nSPS) is 12.7. The summed E-state index contributed by atoms with van der Waals surface area (Å²) in [6.45, 7) is 2.97. The maximum Gasteiger partial charge on any atom is 0.0950 e. The zero-order valence-electron chi connectivity index (χ0n) is 10.3. The summed E-state index contributed by atoms with van der Waals surface area (Å²) < 4.78 is 2.03. The number of nitrogens with one attached hydrogen (secondary N) is 1. The van der Waals surface area contributed by atoms with Crippen LogP contribution in [0.4, 0.5) is 0 Å². The van der Waals surface area contributed by atoms with Crippen molar-refractivity contribution in [1.29, 1.82) is 0 Å². The number of aryl methyl sites for hydroxylation is 1. The average Bonchev–Trinajstić information content (AvgIpc) is 2.84. The van der Waals surface area contributed by atoms with Crippen LogP contribution < -0.4 is 5.32 Å². The van der Waals surface area contributed by atoms with E-state index in [1.807, 2.05) is 36.3 Å². The van der Waals surface area contributed by atoms with Gasteiger partial charge in [-0.3, -0.25) is 0 Å². The number of halogens is 2. The molecule has 0 aliphatic heterocycles. The third-order valence-electron chi connectivity index (χ3n) is 2.90. The number of hydrogen-bond donors (Lipinski definition) is 1. The molecule has 1 heterocycles. The molecule has 0 aliphatic carbocycles. The number of nitrogens with zero attached hydrogens (tertiary/aromatic N) is 2. The van der Waals surface area contributed by atoms with Crippen molar-refractivity contribution in [2.45, 2.75) is 19.5 Å². The van der Waals surface area contributed by atoms with Gasteiger partial charge in [0, 0.05) is 12.7 Å². The van der Waals surface area contributed by atoms with Gasteiger partial charge in [0.2, 0.25) is 0 Å². The minimum Gasteiger partial charge on any atom is -0.337 e. The molecule has 1 unspecified atom stereocenters. The van der Waals surface area contributed by atoms with Crippen LogP contribution in [0.5, 0.6) is 0 Å². The fourth-order valence-electron chi connectivity index (χ4n) is 1.91. The molecule has 0 radical (unpaired) electrons. The highest BCUT2D eigenvalue weighted by molar-refractivity contribution is 6.42. The smallest absolute Gasteiger partial charge is 0.0950 e. The van der Waals surface area contributed by atoms with E-state index in [4.69, 9.17) is 23.2 Å². The predicted octanol–water partition coefficient (Wildman–Crippen LogP) is 3.52. The topological polar surface area (TPSA) is 29.9 Å². The molecule has 96 valence electrons. The SMILES string of the molecule is CCn1cnc(C(NC)c2cccc(Cl)c2Cl)c1. The van der Waals surface area contributed by atoms with Gasteiger partial charge < -0.3 is 9.88 Å². The van der Waals surface area contributed by atoms with Gasteiger partial charge in [0.05, 0.1) is 28.1 Å². The van der Waals surface area contributed by atoms with Crippen LogP contribution in [-0.2, 0) is 6.54 Å². The quantitative estimate of drug-likeness (QED) is 0.931. The summed E-state index contributed by atoms with van der Waals surface area (Å²) in [6.07, 6.45) is 3.83. The Hall–Kier alpha value is -1.03. The molecule has 3 nitrogen and oxygen atoms in total. The molecule has 2 aromatic rings. The second-order valence-electron chi connectivity index (χ2n) is 3.99. The third-order valence-corrected chi connectivity index (χ3v) is 3.73. The van der Waals surface area contributed by atoms with Gasteiger partial charge in [-0.2, -0.15) is 0 Å². The van der Waals surface area contributed by atoms with Crippen molar-refractivity contribution in [3.8, 4) is 0 Å². The van der Waals surface area contributed by atoms with Crippen molar-refractivity contribution in [1.82, 2.24) is 14.9 Å². The van der Waals surface area contributed by atoms with Gasteiger partial charge in [0.1, 0.15) is 0 Å². The Morgan fingerprint density at radius 2 is 2.17 bits per heavy atom. The molecule has 5 heteroatoms. The lowest BCUT2D eigenvalue weighted by atomic mass is 10.0. The first-order valence-electron chi connectivity index (χ1n) is 5.80. The van der Waals surface area contributed by atoms with E-state index in [1.54, 1.807) is 6.07 Å². The molecule has 18 heavy (non-hydrogen) atoms. The Morgan fingerprint density at radius 3 is 2.78 bits per heavy atom. The van der Waals surface area contributed by atoms with Crippen LogP contribution in [0.25, 0.3) is 0 Å².